The second-order valence-electron chi connectivity index (χ2n) is 7.54. The van der Waals surface area contributed by atoms with Gasteiger partial charge < -0.3 is 15.4 Å². The van der Waals surface area contributed by atoms with Crippen LogP contribution in [0, 0.1) is 0 Å². The Morgan fingerprint density at radius 1 is 1.32 bits per heavy atom. The number of carbonyl (C=O) groups excluding carboxylic acids is 1. The smallest absolute Gasteiger partial charge is 0.408 e. The summed E-state index contributed by atoms with van der Waals surface area (Å²) in [7, 11) is 0. The summed E-state index contributed by atoms with van der Waals surface area (Å²) in [5.41, 5.74) is 0.247. The normalized spacial score (nSPS) is 12.5. The second-order valence-corrected chi connectivity index (χ2v) is 7.54. The van der Waals surface area contributed by atoms with Gasteiger partial charge in [-0.05, 0) is 48.5 Å². The molecule has 0 aliphatic heterocycles. The van der Waals surface area contributed by atoms with E-state index in [2.05, 4.69) is 29.6 Å². The Labute approximate surface area is 133 Å². The van der Waals surface area contributed by atoms with Crippen molar-refractivity contribution < 1.29 is 9.53 Å². The van der Waals surface area contributed by atoms with E-state index in [9.17, 15) is 4.79 Å². The molecule has 0 aromatic carbocycles. The summed E-state index contributed by atoms with van der Waals surface area (Å²) in [5.74, 6) is 0. The second kappa shape index (κ2) is 7.13. The van der Waals surface area contributed by atoms with Crippen LogP contribution >= 0.6 is 0 Å². The first-order chi connectivity index (χ1) is 9.98. The van der Waals surface area contributed by atoms with Crippen LogP contribution in [-0.2, 0) is 11.3 Å². The predicted octanol–water partition coefficient (Wildman–Crippen LogP) is 2.86. The summed E-state index contributed by atoms with van der Waals surface area (Å²) in [6.45, 7) is 15.0. The molecule has 0 aliphatic carbocycles. The van der Waals surface area contributed by atoms with E-state index in [-0.39, 0.29) is 0 Å². The molecule has 1 rings (SSSR count). The summed E-state index contributed by atoms with van der Waals surface area (Å²) in [6.07, 6.45) is 3.50. The van der Waals surface area contributed by atoms with Crippen molar-refractivity contribution in [2.45, 2.75) is 72.2 Å². The number of alkyl carbamates (subject to hydrolysis) is 1. The maximum Gasteiger partial charge on any atom is 0.408 e. The Morgan fingerprint density at radius 3 is 2.45 bits per heavy atom. The number of carbonyl (C=O) groups is 1. The highest BCUT2D eigenvalue weighted by Crippen LogP contribution is 2.09. The van der Waals surface area contributed by atoms with E-state index in [0.29, 0.717) is 19.1 Å². The van der Waals surface area contributed by atoms with Crippen LogP contribution in [0.1, 0.15) is 60.1 Å². The third-order valence-electron chi connectivity index (χ3n) is 2.92. The maximum absolute atomic E-state index is 11.8. The lowest BCUT2D eigenvalue weighted by atomic mass is 10.1. The van der Waals surface area contributed by atoms with Gasteiger partial charge in [-0.15, -0.1) is 0 Å². The van der Waals surface area contributed by atoms with Gasteiger partial charge in [-0.25, -0.2) is 4.79 Å². The molecule has 0 saturated heterocycles. The molecule has 0 radical (unpaired) electrons. The Hall–Kier alpha value is -1.56. The first-order valence-electron chi connectivity index (χ1n) is 7.73. The van der Waals surface area contributed by atoms with Crippen LogP contribution in [0.3, 0.4) is 0 Å². The number of rotatable bonds is 6. The summed E-state index contributed by atoms with van der Waals surface area (Å²) >= 11 is 0. The lowest BCUT2D eigenvalue weighted by Crippen LogP contribution is -2.51. The molecule has 0 unspecified atom stereocenters. The summed E-state index contributed by atoms with van der Waals surface area (Å²) in [5, 5.41) is 10.5. The molecule has 0 aliphatic rings. The third-order valence-corrected chi connectivity index (χ3v) is 2.92. The zero-order valence-corrected chi connectivity index (χ0v) is 14.9. The molecule has 0 fully saturated rings. The Kier molecular flexibility index (Phi) is 6.00. The molecule has 0 saturated carbocycles. The van der Waals surface area contributed by atoms with Crippen molar-refractivity contribution in [1.29, 1.82) is 0 Å². The molecule has 6 nitrogen and oxygen atoms in total. The number of nitrogens with one attached hydrogen (secondary N) is 2. The highest BCUT2D eigenvalue weighted by molar-refractivity contribution is 5.68. The van der Waals surface area contributed by atoms with Crippen molar-refractivity contribution in [3.63, 3.8) is 0 Å². The van der Waals surface area contributed by atoms with Crippen LogP contribution in [0.4, 0.5) is 4.79 Å². The SMILES string of the molecule is CC(C)n1cc(CNCC(C)(C)NC(=O)OC(C)(C)C)cn1. The highest BCUT2D eigenvalue weighted by atomic mass is 16.6. The van der Waals surface area contributed by atoms with Gasteiger partial charge in [0.15, 0.2) is 0 Å². The minimum atomic E-state index is -0.487. The van der Waals surface area contributed by atoms with Gasteiger partial charge >= 0.3 is 6.09 Å². The average molecular weight is 310 g/mol. The van der Waals surface area contributed by atoms with Gasteiger partial charge in [0.1, 0.15) is 5.60 Å². The third kappa shape index (κ3) is 6.93. The standard InChI is InChI=1S/C16H30N4O2/c1-12(2)20-10-13(9-18-20)8-17-11-16(6,7)19-14(21)22-15(3,4)5/h9-10,12,17H,8,11H2,1-7H3,(H,19,21). The number of nitrogens with zero attached hydrogens (tertiary/aromatic N) is 2. The van der Waals surface area contributed by atoms with Crippen molar-refractivity contribution >= 4 is 6.09 Å². The summed E-state index contributed by atoms with van der Waals surface area (Å²) in [4.78, 5) is 11.8. The van der Waals surface area contributed by atoms with Crippen molar-refractivity contribution in [3.05, 3.63) is 18.0 Å². The van der Waals surface area contributed by atoms with Crippen LogP contribution in [0.2, 0.25) is 0 Å². The quantitative estimate of drug-likeness (QED) is 0.848. The van der Waals surface area contributed by atoms with E-state index in [0.717, 1.165) is 5.56 Å². The van der Waals surface area contributed by atoms with Gasteiger partial charge in [-0.1, -0.05) is 0 Å². The monoisotopic (exact) mass is 310 g/mol. The van der Waals surface area contributed by atoms with Crippen molar-refractivity contribution in [1.82, 2.24) is 20.4 Å². The molecule has 0 atom stereocenters. The minimum Gasteiger partial charge on any atom is -0.444 e. The van der Waals surface area contributed by atoms with Gasteiger partial charge in [-0.2, -0.15) is 5.10 Å². The zero-order chi connectivity index (χ0) is 17.0. The fourth-order valence-corrected chi connectivity index (χ4v) is 1.89. The predicted molar refractivity (Wildman–Crippen MR) is 87.8 cm³/mol. The molecule has 1 aromatic heterocycles. The van der Waals surface area contributed by atoms with E-state index in [4.69, 9.17) is 4.74 Å². The molecule has 1 heterocycles. The summed E-state index contributed by atoms with van der Waals surface area (Å²) in [6, 6.07) is 0.360. The lowest BCUT2D eigenvalue weighted by Gasteiger charge is -2.28. The van der Waals surface area contributed by atoms with Crippen LogP contribution in [0.5, 0.6) is 0 Å². The molecular formula is C16H30N4O2. The Morgan fingerprint density at radius 2 is 1.95 bits per heavy atom. The first kappa shape index (κ1) is 18.5. The molecule has 1 amide bonds. The van der Waals surface area contributed by atoms with E-state index in [1.54, 1.807) is 0 Å². The number of amides is 1. The molecule has 22 heavy (non-hydrogen) atoms. The number of hydrogen-bond acceptors (Lipinski definition) is 4. The van der Waals surface area contributed by atoms with Crippen LogP contribution in [0.15, 0.2) is 12.4 Å². The molecule has 0 spiro atoms. The highest BCUT2D eigenvalue weighted by Gasteiger charge is 2.24. The topological polar surface area (TPSA) is 68.2 Å². The van der Waals surface area contributed by atoms with Crippen LogP contribution in [-0.4, -0.2) is 33.6 Å². The van der Waals surface area contributed by atoms with Crippen LogP contribution < -0.4 is 10.6 Å². The molecule has 2 N–H and O–H groups in total. The van der Waals surface area contributed by atoms with Crippen LogP contribution in [0.25, 0.3) is 0 Å². The largest absolute Gasteiger partial charge is 0.444 e. The molecule has 1 aromatic rings. The number of aromatic nitrogens is 2. The lowest BCUT2D eigenvalue weighted by molar-refractivity contribution is 0.0472. The van der Waals surface area contributed by atoms with E-state index >= 15 is 0 Å². The fourth-order valence-electron chi connectivity index (χ4n) is 1.89. The Balaban J connectivity index is 2.40. The average Bonchev–Trinajstić information content (AvgIpc) is 2.73. The van der Waals surface area contributed by atoms with Crippen molar-refractivity contribution in [2.24, 2.45) is 0 Å². The van der Waals surface area contributed by atoms with E-state index in [1.165, 1.54) is 0 Å². The molecule has 126 valence electrons. The maximum atomic E-state index is 11.8. The number of ether oxygens (including phenoxy) is 1. The van der Waals surface area contributed by atoms with Crippen molar-refractivity contribution in [3.8, 4) is 0 Å². The Bertz CT molecular complexity index is 487. The van der Waals surface area contributed by atoms with Crippen molar-refractivity contribution in [2.75, 3.05) is 6.54 Å². The van der Waals surface area contributed by atoms with Gasteiger partial charge in [0.05, 0.1) is 11.7 Å². The number of hydrogen-bond donors (Lipinski definition) is 2. The van der Waals surface area contributed by atoms with E-state index in [1.807, 2.05) is 51.7 Å². The van der Waals surface area contributed by atoms with Gasteiger partial charge in [0, 0.05) is 30.9 Å². The molecule has 6 heteroatoms. The zero-order valence-electron chi connectivity index (χ0n) is 14.9. The van der Waals surface area contributed by atoms with Gasteiger partial charge in [-0.3, -0.25) is 4.68 Å². The molecular weight excluding hydrogens is 280 g/mol. The van der Waals surface area contributed by atoms with Gasteiger partial charge in [0.2, 0.25) is 0 Å². The summed E-state index contributed by atoms with van der Waals surface area (Å²) < 4.78 is 7.21. The first-order valence-corrected chi connectivity index (χ1v) is 7.73. The minimum absolute atomic E-state index is 0.360. The molecule has 0 bridgehead atoms. The fraction of sp³-hybridized carbons (Fsp3) is 0.750. The van der Waals surface area contributed by atoms with Gasteiger partial charge in [0.25, 0.3) is 0 Å². The van der Waals surface area contributed by atoms with E-state index < -0.39 is 17.2 Å².